The van der Waals surface area contributed by atoms with Crippen molar-refractivity contribution in [3.8, 4) is 0 Å². The lowest BCUT2D eigenvalue weighted by Gasteiger charge is -2.25. The van der Waals surface area contributed by atoms with Gasteiger partial charge in [0.2, 0.25) is 0 Å². The number of cyclic esters (lactones) is 1. The third kappa shape index (κ3) is 20.4. The predicted octanol–water partition coefficient (Wildman–Crippen LogP) is 2.55. The van der Waals surface area contributed by atoms with Crippen molar-refractivity contribution in [3.63, 3.8) is 0 Å². The van der Waals surface area contributed by atoms with Crippen molar-refractivity contribution >= 4 is 5.97 Å². The zero-order chi connectivity index (χ0) is 33.8. The van der Waals surface area contributed by atoms with Gasteiger partial charge in [-0.15, -0.1) is 0 Å². The van der Waals surface area contributed by atoms with E-state index in [9.17, 15) is 45.6 Å². The molecule has 0 aromatic carbocycles. The molecule has 0 aliphatic carbocycles. The van der Waals surface area contributed by atoms with Crippen LogP contribution in [0, 0.1) is 11.8 Å². The maximum atomic E-state index is 12.4. The van der Waals surface area contributed by atoms with Crippen LogP contribution in [0.3, 0.4) is 0 Å². The predicted molar refractivity (Wildman–Crippen MR) is 174 cm³/mol. The van der Waals surface area contributed by atoms with Crippen LogP contribution >= 0.6 is 0 Å². The molecule has 1 heterocycles. The quantitative estimate of drug-likeness (QED) is 0.157. The average molecular weight is 637 g/mol. The molecule has 10 heteroatoms. The van der Waals surface area contributed by atoms with Crippen LogP contribution in [0.15, 0.2) is 72.9 Å². The molecule has 0 radical (unpaired) electrons. The van der Waals surface area contributed by atoms with Crippen LogP contribution in [-0.2, 0) is 9.53 Å². The highest BCUT2D eigenvalue weighted by Gasteiger charge is 2.25. The Balaban J connectivity index is 2.93. The fraction of sp³-hybridized carbons (Fsp3) is 0.629. The van der Waals surface area contributed by atoms with Crippen molar-refractivity contribution in [3.05, 3.63) is 72.9 Å². The lowest BCUT2D eigenvalue weighted by atomic mass is 9.93. The number of aliphatic hydroxyl groups is 8. The molecule has 45 heavy (non-hydrogen) atoms. The summed E-state index contributed by atoms with van der Waals surface area (Å²) in [7, 11) is 0. The molecule has 0 amide bonds. The van der Waals surface area contributed by atoms with Gasteiger partial charge in [0, 0.05) is 18.4 Å². The molecule has 0 saturated heterocycles. The fourth-order valence-corrected chi connectivity index (χ4v) is 5.19. The van der Waals surface area contributed by atoms with E-state index in [1.165, 1.54) is 12.2 Å². The van der Waals surface area contributed by atoms with Gasteiger partial charge in [-0.05, 0) is 50.9 Å². The molecule has 0 saturated carbocycles. The molecular formula is C35H56O10. The number of hydrogen-bond donors (Lipinski definition) is 8. The molecule has 10 unspecified atom stereocenters. The largest absolute Gasteiger partial charge is 0.458 e. The second kappa shape index (κ2) is 23.0. The van der Waals surface area contributed by atoms with Crippen LogP contribution in [0.5, 0.6) is 0 Å². The number of rotatable bonds is 1. The third-order valence-electron chi connectivity index (χ3n) is 7.40. The first-order valence-corrected chi connectivity index (χ1v) is 15.9. The molecule has 0 aromatic rings. The summed E-state index contributed by atoms with van der Waals surface area (Å²) in [6.45, 7) is 5.72. The maximum absolute atomic E-state index is 12.4. The van der Waals surface area contributed by atoms with Gasteiger partial charge in [-0.1, -0.05) is 87.6 Å². The highest BCUT2D eigenvalue weighted by Crippen LogP contribution is 2.20. The van der Waals surface area contributed by atoms with Gasteiger partial charge in [-0.2, -0.15) is 0 Å². The van der Waals surface area contributed by atoms with E-state index in [4.69, 9.17) is 4.74 Å². The standard InChI is InChI=1S/C35H56O10/c1-24(2)35-25(3)15-16-27(37)18-29(39)20-31(41)22-33(43)23-32(42)21-30(40)19-28(38)17-26(36)13-11-9-7-5-4-6-8-10-12-14-34(44)45-35/h4-12,14-16,24-33,35-43H,13,17-23H2,1-3H3/b6-4-,7-5-,10-8-,11-9-,14-12-,16-15-. The molecule has 0 fully saturated rings. The van der Waals surface area contributed by atoms with Gasteiger partial charge in [-0.25, -0.2) is 4.79 Å². The molecule has 1 aliphatic heterocycles. The first kappa shape index (κ1) is 40.6. The number of esters is 1. The van der Waals surface area contributed by atoms with Crippen molar-refractivity contribution in [1.82, 2.24) is 0 Å². The molecule has 256 valence electrons. The molecule has 0 spiro atoms. The minimum absolute atomic E-state index is 0.00472. The molecular weight excluding hydrogens is 580 g/mol. The smallest absolute Gasteiger partial charge is 0.331 e. The van der Waals surface area contributed by atoms with E-state index >= 15 is 0 Å². The number of allylic oxidation sites excluding steroid dienone is 8. The zero-order valence-corrected chi connectivity index (χ0v) is 26.8. The summed E-state index contributed by atoms with van der Waals surface area (Å²) in [4.78, 5) is 12.4. The van der Waals surface area contributed by atoms with E-state index in [2.05, 4.69) is 0 Å². The molecule has 10 atom stereocenters. The molecule has 10 nitrogen and oxygen atoms in total. The number of aliphatic hydroxyl groups excluding tert-OH is 8. The first-order valence-electron chi connectivity index (χ1n) is 15.9. The van der Waals surface area contributed by atoms with Crippen LogP contribution in [0.25, 0.3) is 0 Å². The second-order valence-corrected chi connectivity index (χ2v) is 12.4. The van der Waals surface area contributed by atoms with Crippen molar-refractivity contribution in [2.24, 2.45) is 11.8 Å². The van der Waals surface area contributed by atoms with Crippen molar-refractivity contribution in [1.29, 1.82) is 0 Å². The Hall–Kier alpha value is -2.41. The van der Waals surface area contributed by atoms with E-state index in [-0.39, 0.29) is 56.8 Å². The normalized spacial score (nSPS) is 39.3. The summed E-state index contributed by atoms with van der Waals surface area (Å²) in [5.74, 6) is -0.714. The summed E-state index contributed by atoms with van der Waals surface area (Å²) in [6, 6.07) is 0. The first-order chi connectivity index (χ1) is 21.3. The lowest BCUT2D eigenvalue weighted by Crippen LogP contribution is -2.30. The van der Waals surface area contributed by atoms with Crippen LogP contribution in [0.2, 0.25) is 0 Å². The Labute approximate surface area is 268 Å². The van der Waals surface area contributed by atoms with Gasteiger partial charge in [0.1, 0.15) is 6.10 Å². The summed E-state index contributed by atoms with van der Waals surface area (Å²) < 4.78 is 5.64. The monoisotopic (exact) mass is 636 g/mol. The average Bonchev–Trinajstić information content (AvgIpc) is 2.91. The zero-order valence-electron chi connectivity index (χ0n) is 26.8. The molecule has 1 aliphatic rings. The SMILES string of the molecule is CC(C)C1OC(=O)\C=C/C=C\C=C/C=C\C=C/CC(O)CC(O)CC(O)CC(O)CC(O)CC(O)CC(O)CC(O)/C=C\C1C. The minimum Gasteiger partial charge on any atom is -0.458 e. The summed E-state index contributed by atoms with van der Waals surface area (Å²) in [5, 5.41) is 82.4. The van der Waals surface area contributed by atoms with E-state index in [0.717, 1.165) is 0 Å². The molecule has 8 N–H and O–H groups in total. The number of ether oxygens (including phenoxy) is 1. The molecule has 0 bridgehead atoms. The van der Waals surface area contributed by atoms with E-state index in [1.54, 1.807) is 60.8 Å². The topological polar surface area (TPSA) is 188 Å². The third-order valence-corrected chi connectivity index (χ3v) is 7.40. The van der Waals surface area contributed by atoms with Gasteiger partial charge >= 0.3 is 5.97 Å². The number of carbonyl (C=O) groups excluding carboxylic acids is 1. The van der Waals surface area contributed by atoms with Crippen LogP contribution in [-0.4, -0.2) is 102 Å². The number of hydrogen-bond acceptors (Lipinski definition) is 10. The molecule has 0 aromatic heterocycles. The lowest BCUT2D eigenvalue weighted by molar-refractivity contribution is -0.147. The summed E-state index contributed by atoms with van der Waals surface area (Å²) in [5.41, 5.74) is 0. The van der Waals surface area contributed by atoms with Gasteiger partial charge in [-0.3, -0.25) is 0 Å². The number of carbonyl (C=O) groups is 1. The summed E-state index contributed by atoms with van der Waals surface area (Å²) >= 11 is 0. The Morgan fingerprint density at radius 1 is 0.578 bits per heavy atom. The fourth-order valence-electron chi connectivity index (χ4n) is 5.19. The Morgan fingerprint density at radius 2 is 0.978 bits per heavy atom. The Bertz CT molecular complexity index is 985. The van der Waals surface area contributed by atoms with Gasteiger partial charge in [0.05, 0.1) is 48.8 Å². The maximum Gasteiger partial charge on any atom is 0.331 e. The van der Waals surface area contributed by atoms with E-state index < -0.39 is 60.9 Å². The van der Waals surface area contributed by atoms with Crippen LogP contribution in [0.4, 0.5) is 0 Å². The Morgan fingerprint density at radius 3 is 1.44 bits per heavy atom. The van der Waals surface area contributed by atoms with E-state index in [0.29, 0.717) is 6.42 Å². The van der Waals surface area contributed by atoms with Crippen molar-refractivity contribution in [2.45, 2.75) is 127 Å². The van der Waals surface area contributed by atoms with Gasteiger partial charge < -0.3 is 45.6 Å². The van der Waals surface area contributed by atoms with E-state index in [1.807, 2.05) is 20.8 Å². The Kier molecular flexibility index (Phi) is 20.8. The van der Waals surface area contributed by atoms with Gasteiger partial charge in [0.25, 0.3) is 0 Å². The highest BCUT2D eigenvalue weighted by atomic mass is 16.5. The highest BCUT2D eigenvalue weighted by molar-refractivity contribution is 5.82. The van der Waals surface area contributed by atoms with Gasteiger partial charge in [0.15, 0.2) is 0 Å². The summed E-state index contributed by atoms with van der Waals surface area (Å²) in [6.07, 6.45) is 11.4. The van der Waals surface area contributed by atoms with Crippen molar-refractivity contribution in [2.75, 3.05) is 0 Å². The molecule has 1 rings (SSSR count). The van der Waals surface area contributed by atoms with Crippen LogP contribution < -0.4 is 0 Å². The van der Waals surface area contributed by atoms with Crippen LogP contribution in [0.1, 0.15) is 72.1 Å². The second-order valence-electron chi connectivity index (χ2n) is 12.4. The van der Waals surface area contributed by atoms with Crippen molar-refractivity contribution < 1.29 is 50.4 Å². The minimum atomic E-state index is -1.10.